The lowest BCUT2D eigenvalue weighted by Gasteiger charge is -2.19. The Labute approximate surface area is 177 Å². The lowest BCUT2D eigenvalue weighted by molar-refractivity contribution is 0.0525. The standard InChI is InChI=1S/C17H22IN6O3P/c1-17(2,3)27-16(25)19-5-4-6-26-15-8-12(23-10-20-21-11-23)7-14-13(15)9-22-24(14)28-18/h7-11,28H,4-6H2,1-3H3,(H,19,25). The zero-order valence-electron chi connectivity index (χ0n) is 15.8. The summed E-state index contributed by atoms with van der Waals surface area (Å²) in [5.41, 5.74) is 1.38. The highest BCUT2D eigenvalue weighted by Crippen LogP contribution is 2.34. The minimum absolute atomic E-state index is 0.422. The third-order valence-electron chi connectivity index (χ3n) is 3.68. The van der Waals surface area contributed by atoms with Crippen molar-refractivity contribution in [2.45, 2.75) is 32.8 Å². The first kappa shape index (κ1) is 20.8. The molecule has 1 N–H and O–H groups in total. The number of fused-ring (bicyclic) bond motifs is 1. The number of nitrogens with zero attached hydrogens (tertiary/aromatic N) is 5. The van der Waals surface area contributed by atoms with Gasteiger partial charge in [-0.1, -0.05) is 0 Å². The van der Waals surface area contributed by atoms with Gasteiger partial charge >= 0.3 is 6.09 Å². The van der Waals surface area contributed by atoms with Crippen molar-refractivity contribution in [3.8, 4) is 11.4 Å². The normalized spacial score (nSPS) is 12.0. The van der Waals surface area contributed by atoms with Gasteiger partial charge in [-0.05, 0) is 55.3 Å². The molecule has 0 radical (unpaired) electrons. The highest BCUT2D eigenvalue weighted by atomic mass is 127. The third-order valence-corrected chi connectivity index (χ3v) is 5.57. The fraction of sp³-hybridized carbons (Fsp3) is 0.412. The summed E-state index contributed by atoms with van der Waals surface area (Å²) < 4.78 is 15.0. The molecule has 9 nitrogen and oxygen atoms in total. The Bertz CT molecular complexity index is 938. The summed E-state index contributed by atoms with van der Waals surface area (Å²) in [5.74, 6) is 0.736. The van der Waals surface area contributed by atoms with Crippen molar-refractivity contribution in [1.29, 1.82) is 0 Å². The number of carbonyl (C=O) groups is 1. The topological polar surface area (TPSA) is 96.1 Å². The molecule has 0 saturated heterocycles. The molecule has 0 aliphatic rings. The molecule has 11 heteroatoms. The van der Waals surface area contributed by atoms with E-state index in [0.717, 1.165) is 22.3 Å². The van der Waals surface area contributed by atoms with Gasteiger partial charge in [0.05, 0.1) is 35.8 Å². The number of halogens is 1. The van der Waals surface area contributed by atoms with Crippen LogP contribution < -0.4 is 10.1 Å². The van der Waals surface area contributed by atoms with Crippen LogP contribution in [0.2, 0.25) is 0 Å². The smallest absolute Gasteiger partial charge is 0.407 e. The Kier molecular flexibility index (Phi) is 6.71. The number of benzene rings is 1. The number of carbonyl (C=O) groups excluding carboxylic acids is 1. The maximum Gasteiger partial charge on any atom is 0.407 e. The summed E-state index contributed by atoms with van der Waals surface area (Å²) in [6, 6.07) is 3.98. The van der Waals surface area contributed by atoms with Crippen LogP contribution in [0.25, 0.3) is 16.6 Å². The summed E-state index contributed by atoms with van der Waals surface area (Å²) in [5, 5.41) is 15.8. The largest absolute Gasteiger partial charge is 0.493 e. The molecule has 0 bridgehead atoms. The van der Waals surface area contributed by atoms with Crippen molar-refractivity contribution in [3.63, 3.8) is 0 Å². The molecule has 1 amide bonds. The highest BCUT2D eigenvalue weighted by Gasteiger charge is 2.15. The molecule has 2 aromatic heterocycles. The van der Waals surface area contributed by atoms with Gasteiger partial charge in [-0.3, -0.25) is 4.57 Å². The minimum atomic E-state index is -0.506. The lowest BCUT2D eigenvalue weighted by Crippen LogP contribution is -2.33. The number of aromatic nitrogens is 5. The van der Waals surface area contributed by atoms with Gasteiger partial charge in [0.15, 0.2) is 0 Å². The molecule has 0 saturated carbocycles. The van der Waals surface area contributed by atoms with Gasteiger partial charge in [0.25, 0.3) is 0 Å². The quantitative estimate of drug-likeness (QED) is 0.293. The summed E-state index contributed by atoms with van der Waals surface area (Å²) >= 11 is 2.29. The second-order valence-corrected chi connectivity index (χ2v) is 9.06. The van der Waals surface area contributed by atoms with E-state index >= 15 is 0 Å². The zero-order chi connectivity index (χ0) is 20.1. The maximum atomic E-state index is 11.7. The van der Waals surface area contributed by atoms with Crippen LogP contribution in [0.4, 0.5) is 4.79 Å². The highest BCUT2D eigenvalue weighted by molar-refractivity contribution is 14.2. The molecule has 0 aliphatic carbocycles. The van der Waals surface area contributed by atoms with Crippen LogP contribution in [0.3, 0.4) is 0 Å². The number of hydrogen-bond acceptors (Lipinski definition) is 6. The van der Waals surface area contributed by atoms with E-state index in [9.17, 15) is 4.79 Å². The third kappa shape index (κ3) is 5.32. The molecule has 3 aromatic rings. The summed E-state index contributed by atoms with van der Waals surface area (Å²) in [7, 11) is 0. The fourth-order valence-corrected chi connectivity index (χ4v) is 4.04. The zero-order valence-corrected chi connectivity index (χ0v) is 19.0. The van der Waals surface area contributed by atoms with Crippen LogP contribution in [0, 0.1) is 0 Å². The first-order chi connectivity index (χ1) is 13.4. The number of ether oxygens (including phenoxy) is 2. The van der Waals surface area contributed by atoms with E-state index in [2.05, 4.69) is 42.7 Å². The Hall–Kier alpha value is -1.94. The van der Waals surface area contributed by atoms with Gasteiger partial charge in [0.1, 0.15) is 24.0 Å². The molecule has 3 rings (SSSR count). The molecular formula is C17H22IN6O3P. The van der Waals surface area contributed by atoms with Crippen LogP contribution in [0.5, 0.6) is 5.75 Å². The molecule has 0 fully saturated rings. The van der Waals surface area contributed by atoms with E-state index in [-0.39, 0.29) is 0 Å². The molecule has 0 spiro atoms. The van der Waals surface area contributed by atoms with Crippen LogP contribution in [-0.4, -0.2) is 49.2 Å². The van der Waals surface area contributed by atoms with Crippen molar-refractivity contribution >= 4 is 45.4 Å². The maximum absolute atomic E-state index is 11.7. The van der Waals surface area contributed by atoms with E-state index < -0.39 is 11.7 Å². The fourth-order valence-electron chi connectivity index (χ4n) is 2.51. The second-order valence-electron chi connectivity index (χ2n) is 7.02. The van der Waals surface area contributed by atoms with Crippen LogP contribution >= 0.6 is 28.4 Å². The Morgan fingerprint density at radius 2 is 2.04 bits per heavy atom. The van der Waals surface area contributed by atoms with Crippen LogP contribution in [-0.2, 0) is 4.74 Å². The van der Waals surface area contributed by atoms with Crippen molar-refractivity contribution in [1.82, 2.24) is 29.6 Å². The van der Waals surface area contributed by atoms with E-state index in [0.29, 0.717) is 25.9 Å². The number of alkyl carbamates (subject to hydrolysis) is 1. The van der Waals surface area contributed by atoms with Crippen molar-refractivity contribution in [2.75, 3.05) is 13.2 Å². The van der Waals surface area contributed by atoms with Crippen molar-refractivity contribution in [3.05, 3.63) is 31.0 Å². The number of hydrogen-bond donors (Lipinski definition) is 1. The summed E-state index contributed by atoms with van der Waals surface area (Å²) in [6.45, 7) is 6.42. The van der Waals surface area contributed by atoms with Crippen LogP contribution in [0.15, 0.2) is 31.0 Å². The van der Waals surface area contributed by atoms with E-state index in [1.165, 1.54) is 0 Å². The van der Waals surface area contributed by atoms with Crippen molar-refractivity contribution < 1.29 is 14.3 Å². The number of nitrogens with one attached hydrogen (secondary N) is 1. The first-order valence-electron chi connectivity index (χ1n) is 8.70. The molecule has 28 heavy (non-hydrogen) atoms. The minimum Gasteiger partial charge on any atom is -0.493 e. The van der Waals surface area contributed by atoms with Gasteiger partial charge < -0.3 is 14.8 Å². The van der Waals surface area contributed by atoms with Crippen LogP contribution in [0.1, 0.15) is 27.2 Å². The molecule has 2 heterocycles. The van der Waals surface area contributed by atoms with Gasteiger partial charge in [-0.15, -0.1) is 10.2 Å². The number of amides is 1. The average molecular weight is 516 g/mol. The monoisotopic (exact) mass is 516 g/mol. The summed E-state index contributed by atoms with van der Waals surface area (Å²) in [4.78, 5) is 11.7. The van der Waals surface area contributed by atoms with Gasteiger partial charge in [-0.2, -0.15) is 5.10 Å². The first-order valence-corrected chi connectivity index (χ1v) is 12.8. The van der Waals surface area contributed by atoms with Gasteiger partial charge in [0.2, 0.25) is 0 Å². The SMILES string of the molecule is CC(C)(C)OC(=O)NCCCOc1cc(-n2cnnc2)cc2c1cnn2PI. The lowest BCUT2D eigenvalue weighted by atomic mass is 10.2. The van der Waals surface area contributed by atoms with E-state index in [4.69, 9.17) is 9.47 Å². The van der Waals surface area contributed by atoms with Crippen molar-refractivity contribution in [2.24, 2.45) is 0 Å². The Morgan fingerprint density at radius 1 is 1.29 bits per heavy atom. The van der Waals surface area contributed by atoms with Gasteiger partial charge in [-0.25, -0.2) is 9.25 Å². The Morgan fingerprint density at radius 3 is 2.71 bits per heavy atom. The average Bonchev–Trinajstić information content (AvgIpc) is 3.29. The molecule has 0 aliphatic heterocycles. The predicted octanol–water partition coefficient (Wildman–Crippen LogP) is 3.70. The number of rotatable bonds is 7. The summed E-state index contributed by atoms with van der Waals surface area (Å²) in [6.07, 6.45) is 5.80. The Balaban J connectivity index is 1.66. The molecule has 1 atom stereocenters. The van der Waals surface area contributed by atoms with E-state index in [1.54, 1.807) is 12.7 Å². The second kappa shape index (κ2) is 9.04. The van der Waals surface area contributed by atoms with Gasteiger partial charge in [0, 0.05) is 12.6 Å². The molecular weight excluding hydrogens is 494 g/mol. The molecule has 1 unspecified atom stereocenters. The van der Waals surface area contributed by atoms with E-state index in [1.807, 2.05) is 48.1 Å². The predicted molar refractivity (Wildman–Crippen MR) is 117 cm³/mol. The molecule has 150 valence electrons. The molecule has 1 aromatic carbocycles.